The van der Waals surface area contributed by atoms with Gasteiger partial charge in [-0.2, -0.15) is 0 Å². The van der Waals surface area contributed by atoms with E-state index in [1.54, 1.807) is 4.90 Å². The van der Waals surface area contributed by atoms with Crippen molar-refractivity contribution in [3.8, 4) is 11.5 Å². The third-order valence-corrected chi connectivity index (χ3v) is 3.68. The van der Waals surface area contributed by atoms with Gasteiger partial charge in [0.05, 0.1) is 0 Å². The van der Waals surface area contributed by atoms with Crippen LogP contribution in [0.1, 0.15) is 33.6 Å². The molecule has 4 heteroatoms. The van der Waals surface area contributed by atoms with E-state index < -0.39 is 13.7 Å². The Bertz CT molecular complexity index is 434. The lowest BCUT2D eigenvalue weighted by molar-refractivity contribution is 0.0236. The number of nitrogens with zero attached hydrogens (tertiary/aromatic N) is 1. The second kappa shape index (κ2) is 6.49. The third kappa shape index (κ3) is 6.81. The summed E-state index contributed by atoms with van der Waals surface area (Å²) in [6, 6.07) is 0. The molecule has 20 heavy (non-hydrogen) atoms. The van der Waals surface area contributed by atoms with Crippen molar-refractivity contribution in [2.75, 3.05) is 13.1 Å². The van der Waals surface area contributed by atoms with E-state index in [-0.39, 0.29) is 6.09 Å². The van der Waals surface area contributed by atoms with E-state index in [4.69, 9.17) is 4.74 Å². The summed E-state index contributed by atoms with van der Waals surface area (Å²) >= 11 is 0. The molecule has 112 valence electrons. The molecule has 0 aromatic heterocycles. The monoisotopic (exact) mass is 293 g/mol. The number of carbonyl (C=O) groups excluding carboxylic acids is 1. The molecule has 0 saturated carbocycles. The van der Waals surface area contributed by atoms with Gasteiger partial charge in [0, 0.05) is 13.1 Å². The molecule has 0 aliphatic carbocycles. The maximum Gasteiger partial charge on any atom is 0.410 e. The van der Waals surface area contributed by atoms with Crippen LogP contribution in [-0.4, -0.2) is 37.8 Å². The van der Waals surface area contributed by atoms with E-state index in [9.17, 15) is 4.79 Å². The first-order chi connectivity index (χ1) is 9.07. The van der Waals surface area contributed by atoms with Crippen LogP contribution in [-0.2, 0) is 4.74 Å². The maximum atomic E-state index is 11.9. The third-order valence-electron chi connectivity index (χ3n) is 2.78. The number of allylic oxidation sites excluding steroid dienone is 1. The van der Waals surface area contributed by atoms with Crippen molar-refractivity contribution in [2.24, 2.45) is 0 Å². The molecule has 0 aromatic rings. The lowest BCUT2D eigenvalue weighted by atomic mass is 10.0. The second-order valence-corrected chi connectivity index (χ2v) is 12.0. The normalized spacial score (nSPS) is 16.3. The summed E-state index contributed by atoms with van der Waals surface area (Å²) in [5.74, 6) is 3.19. The van der Waals surface area contributed by atoms with Gasteiger partial charge in [-0.05, 0) is 39.7 Å². The number of ether oxygens (including phenoxy) is 1. The van der Waals surface area contributed by atoms with Crippen molar-refractivity contribution in [3.63, 3.8) is 0 Å². The van der Waals surface area contributed by atoms with E-state index in [1.165, 1.54) is 5.57 Å². The first-order valence-electron chi connectivity index (χ1n) is 7.25. The van der Waals surface area contributed by atoms with Gasteiger partial charge in [0.1, 0.15) is 13.7 Å². The fourth-order valence-corrected chi connectivity index (χ4v) is 2.31. The van der Waals surface area contributed by atoms with E-state index >= 15 is 0 Å². The molecule has 0 aromatic carbocycles. The van der Waals surface area contributed by atoms with Gasteiger partial charge in [-0.3, -0.25) is 0 Å². The Labute approximate surface area is 124 Å². The Morgan fingerprint density at radius 1 is 1.25 bits per heavy atom. The van der Waals surface area contributed by atoms with Crippen LogP contribution in [0.5, 0.6) is 0 Å². The quantitative estimate of drug-likeness (QED) is 0.502. The van der Waals surface area contributed by atoms with Crippen LogP contribution in [0.4, 0.5) is 4.79 Å². The average molecular weight is 293 g/mol. The fraction of sp³-hybridized carbons (Fsp3) is 0.688. The standard InChI is InChI=1S/C16H27NO2Si/c1-16(2,3)19-15(18)17-11-9-14(10-12-17)8-7-13-20(4,5)6/h8H,9-12H2,1-6H3. The van der Waals surface area contributed by atoms with Crippen molar-refractivity contribution < 1.29 is 9.53 Å². The minimum Gasteiger partial charge on any atom is -0.444 e. The highest BCUT2D eigenvalue weighted by atomic mass is 28.3. The summed E-state index contributed by atoms with van der Waals surface area (Å²) in [6.45, 7) is 13.9. The fourth-order valence-electron chi connectivity index (χ4n) is 1.80. The van der Waals surface area contributed by atoms with Crippen molar-refractivity contribution >= 4 is 14.2 Å². The molecule has 0 unspecified atom stereocenters. The molecular weight excluding hydrogens is 266 g/mol. The molecule has 1 aliphatic rings. The van der Waals surface area contributed by atoms with Crippen LogP contribution in [0.25, 0.3) is 0 Å². The first-order valence-corrected chi connectivity index (χ1v) is 10.8. The summed E-state index contributed by atoms with van der Waals surface area (Å²) in [4.78, 5) is 13.7. The van der Waals surface area contributed by atoms with Gasteiger partial charge < -0.3 is 9.64 Å². The number of amides is 1. The molecule has 1 saturated heterocycles. The van der Waals surface area contributed by atoms with Gasteiger partial charge in [-0.15, -0.1) is 5.54 Å². The molecule has 0 bridgehead atoms. The number of hydrogen-bond donors (Lipinski definition) is 0. The topological polar surface area (TPSA) is 29.5 Å². The number of likely N-dealkylation sites (tertiary alicyclic amines) is 1. The highest BCUT2D eigenvalue weighted by molar-refractivity contribution is 6.83. The molecule has 1 aliphatic heterocycles. The van der Waals surface area contributed by atoms with Crippen molar-refractivity contribution in [3.05, 3.63) is 11.6 Å². The van der Waals surface area contributed by atoms with Crippen LogP contribution in [0, 0.1) is 11.5 Å². The summed E-state index contributed by atoms with van der Waals surface area (Å²) in [6.07, 6.45) is 3.65. The molecule has 1 rings (SSSR count). The van der Waals surface area contributed by atoms with Crippen LogP contribution >= 0.6 is 0 Å². The predicted octanol–water partition coefficient (Wildman–Crippen LogP) is 3.82. The molecule has 1 fully saturated rings. The highest BCUT2D eigenvalue weighted by Gasteiger charge is 2.24. The zero-order valence-electron chi connectivity index (χ0n) is 13.7. The number of piperidine rings is 1. The van der Waals surface area contributed by atoms with Gasteiger partial charge >= 0.3 is 6.09 Å². The first kappa shape index (κ1) is 16.8. The van der Waals surface area contributed by atoms with Crippen LogP contribution < -0.4 is 0 Å². The summed E-state index contributed by atoms with van der Waals surface area (Å²) in [7, 11) is -1.29. The smallest absolute Gasteiger partial charge is 0.410 e. The Kier molecular flexibility index (Phi) is 5.47. The van der Waals surface area contributed by atoms with Crippen molar-refractivity contribution in [1.82, 2.24) is 4.90 Å². The van der Waals surface area contributed by atoms with Gasteiger partial charge in [0.25, 0.3) is 0 Å². The van der Waals surface area contributed by atoms with Crippen LogP contribution in [0.3, 0.4) is 0 Å². The summed E-state index contributed by atoms with van der Waals surface area (Å²) in [5, 5.41) is 0. The van der Waals surface area contributed by atoms with E-state index in [0.717, 1.165) is 25.9 Å². The van der Waals surface area contributed by atoms with Crippen molar-refractivity contribution in [2.45, 2.75) is 58.9 Å². The van der Waals surface area contributed by atoms with Gasteiger partial charge in [0.2, 0.25) is 0 Å². The molecule has 0 radical (unpaired) electrons. The maximum absolute atomic E-state index is 11.9. The lowest BCUT2D eigenvalue weighted by Crippen LogP contribution is -2.40. The van der Waals surface area contributed by atoms with E-state index in [1.807, 2.05) is 26.8 Å². The van der Waals surface area contributed by atoms with Gasteiger partial charge in [-0.25, -0.2) is 4.79 Å². The molecule has 1 heterocycles. The SMILES string of the molecule is CC(C)(C)OC(=O)N1CCC(=CC#C[Si](C)(C)C)CC1. The Balaban J connectivity index is 2.49. The van der Waals surface area contributed by atoms with E-state index in [2.05, 4.69) is 31.1 Å². The molecule has 0 atom stereocenters. The number of rotatable bonds is 0. The minimum atomic E-state index is -1.29. The second-order valence-electron chi connectivity index (χ2n) is 7.29. The Morgan fingerprint density at radius 2 is 1.80 bits per heavy atom. The Morgan fingerprint density at radius 3 is 2.25 bits per heavy atom. The van der Waals surface area contributed by atoms with E-state index in [0.29, 0.717) is 0 Å². The number of carbonyl (C=O) groups is 1. The lowest BCUT2D eigenvalue weighted by Gasteiger charge is -2.30. The molecular formula is C16H27NO2Si. The molecule has 0 spiro atoms. The highest BCUT2D eigenvalue weighted by Crippen LogP contribution is 2.18. The zero-order valence-corrected chi connectivity index (χ0v) is 14.7. The van der Waals surface area contributed by atoms with Gasteiger partial charge in [-0.1, -0.05) is 31.1 Å². The average Bonchev–Trinajstić information content (AvgIpc) is 2.25. The van der Waals surface area contributed by atoms with Crippen LogP contribution in [0.15, 0.2) is 11.6 Å². The minimum absolute atomic E-state index is 0.204. The molecule has 1 amide bonds. The largest absolute Gasteiger partial charge is 0.444 e. The summed E-state index contributed by atoms with van der Waals surface area (Å²) < 4.78 is 5.38. The van der Waals surface area contributed by atoms with Gasteiger partial charge in [0.15, 0.2) is 0 Å². The van der Waals surface area contributed by atoms with Crippen LogP contribution in [0.2, 0.25) is 19.6 Å². The molecule has 0 N–H and O–H groups in total. The number of hydrogen-bond acceptors (Lipinski definition) is 2. The Hall–Kier alpha value is -1.21. The summed E-state index contributed by atoms with van der Waals surface area (Å²) in [5.41, 5.74) is 4.26. The zero-order chi connectivity index (χ0) is 15.4. The predicted molar refractivity (Wildman–Crippen MR) is 86.2 cm³/mol. The molecule has 3 nitrogen and oxygen atoms in total. The van der Waals surface area contributed by atoms with Crippen molar-refractivity contribution in [1.29, 1.82) is 0 Å².